The summed E-state index contributed by atoms with van der Waals surface area (Å²) < 4.78 is 134. The standard InChI is InChI=1S/C78H131N3O61/c1-16(91)79-31-40(100)62(138-74-51(111)44(104)35(95)20(5-83)125-74)28(123-67(31)119)13-120-70-55(115)48(108)60(26(11-89)131-70)136-77-57(117)65(38(98)23(8-86)128-77)141-69-33(81-18(3)93)42(102)64(140-76-53(113)46(106)37(97)22(7-85)127-76)30(134-69)15-122-72-56(116)49(109)61(27(12-90)132-72)137-78-58(118)66(39(99)24(9-87)129-78)142-68-32(80-17(2)92)41(101)63(139-75-52(112)45(105)36(96)21(6-84)126-75)29(133-68)14-121-71-54(114)47(107)59(25(10-88)130-71)135-73-50(110)43(103)34(94)19(4-82)124-73/h19-78,82-90,94-119H,4-15H2,1-3H3,(H,79,91)(H,80,92)(H,81,93)/t19-,20-,21-,22-,23-,24-,25-,26-,27-,28-,29-,30-,31-,32-,33-,34+,35+,36+,37+,38+,39+,40-,41-,42-,43+,44+,45+,46+,47-,48-,49-,50-,51-,52-,53-,54-,55-,56-,57-,58-,59-,60-,61-,62-,63-,64-,65+,66+,67-,68+,69+,70-,71-,72-,73+,74+,75+,76+,77+,78+/m1/s1. The van der Waals surface area contributed by atoms with Crippen molar-refractivity contribution in [2.75, 3.05) is 79.3 Å². The lowest BCUT2D eigenvalue weighted by atomic mass is 9.94. The Bertz CT molecular complexity index is 3850. The van der Waals surface area contributed by atoms with Gasteiger partial charge in [-0.2, -0.15) is 0 Å². The molecule has 142 heavy (non-hydrogen) atoms. The van der Waals surface area contributed by atoms with Crippen molar-refractivity contribution < 1.29 is 302 Å². The number of rotatable bonds is 37. The van der Waals surface area contributed by atoms with Crippen LogP contribution in [0.4, 0.5) is 0 Å². The van der Waals surface area contributed by atoms with Gasteiger partial charge in [0.05, 0.1) is 79.3 Å². The van der Waals surface area contributed by atoms with E-state index in [4.69, 9.17) is 109 Å². The van der Waals surface area contributed by atoms with Crippen LogP contribution in [-0.4, -0.2) is 644 Å². The molecule has 0 radical (unpaired) electrons. The maximum atomic E-state index is 13.2. The van der Waals surface area contributed by atoms with Crippen molar-refractivity contribution in [3.63, 3.8) is 0 Å². The molecular weight excluding hydrogens is 1950 g/mol. The minimum Gasteiger partial charge on any atom is -0.394 e. The van der Waals surface area contributed by atoms with Gasteiger partial charge in [-0.15, -0.1) is 0 Å². The quantitative estimate of drug-likeness (QED) is 0.0275. The summed E-state index contributed by atoms with van der Waals surface area (Å²) in [5.41, 5.74) is 0. The van der Waals surface area contributed by atoms with E-state index >= 15 is 0 Å². The molecule has 12 rings (SSSR count). The van der Waals surface area contributed by atoms with Crippen LogP contribution in [0, 0.1) is 0 Å². The first-order chi connectivity index (χ1) is 67.2. The normalized spacial score (nSPS) is 51.0. The molecule has 0 spiro atoms. The Morgan fingerprint density at radius 3 is 0.606 bits per heavy atom. The largest absolute Gasteiger partial charge is 0.394 e. The van der Waals surface area contributed by atoms with Gasteiger partial charge in [0.25, 0.3) is 0 Å². The van der Waals surface area contributed by atoms with Gasteiger partial charge in [0.1, 0.15) is 293 Å². The van der Waals surface area contributed by atoms with Gasteiger partial charge < -0.3 is 304 Å². The molecule has 0 aromatic carbocycles. The van der Waals surface area contributed by atoms with Gasteiger partial charge in [-0.1, -0.05) is 0 Å². The first-order valence-corrected chi connectivity index (χ1v) is 45.2. The van der Waals surface area contributed by atoms with Crippen molar-refractivity contribution in [1.82, 2.24) is 16.0 Å². The van der Waals surface area contributed by atoms with Gasteiger partial charge in [0.15, 0.2) is 75.5 Å². The number of amides is 3. The highest BCUT2D eigenvalue weighted by molar-refractivity contribution is 5.74. The van der Waals surface area contributed by atoms with Crippen molar-refractivity contribution in [3.8, 4) is 0 Å². The summed E-state index contributed by atoms with van der Waals surface area (Å²) in [4.78, 5) is 38.5. The minimum atomic E-state index is -2.50. The smallest absolute Gasteiger partial charge is 0.217 e. The van der Waals surface area contributed by atoms with E-state index in [1.807, 2.05) is 0 Å². The molecule has 824 valence electrons. The van der Waals surface area contributed by atoms with E-state index in [9.17, 15) is 193 Å². The molecule has 38 N–H and O–H groups in total. The van der Waals surface area contributed by atoms with Crippen LogP contribution in [0.5, 0.6) is 0 Å². The zero-order valence-electron chi connectivity index (χ0n) is 75.4. The molecule has 3 amide bonds. The van der Waals surface area contributed by atoms with Crippen LogP contribution in [0.15, 0.2) is 0 Å². The molecule has 0 aromatic heterocycles. The third-order valence-corrected chi connectivity index (χ3v) is 26.3. The van der Waals surface area contributed by atoms with E-state index in [0.717, 1.165) is 20.8 Å². The molecule has 0 aliphatic carbocycles. The Kier molecular flexibility index (Phi) is 41.9. The van der Waals surface area contributed by atoms with Crippen molar-refractivity contribution in [1.29, 1.82) is 0 Å². The molecule has 12 saturated heterocycles. The molecule has 12 heterocycles. The first-order valence-electron chi connectivity index (χ1n) is 45.2. The zero-order valence-corrected chi connectivity index (χ0v) is 75.4. The Morgan fingerprint density at radius 2 is 0.366 bits per heavy atom. The van der Waals surface area contributed by atoms with E-state index in [0.29, 0.717) is 0 Å². The molecule has 0 bridgehead atoms. The topological polar surface area (TPSA) is 1010 Å². The van der Waals surface area contributed by atoms with E-state index in [1.165, 1.54) is 0 Å². The van der Waals surface area contributed by atoms with Gasteiger partial charge in [-0.05, 0) is 0 Å². The Hall–Kier alpha value is -3.91. The van der Waals surface area contributed by atoms with E-state index in [-0.39, 0.29) is 0 Å². The molecular formula is C78H131N3O61. The summed E-state index contributed by atoms with van der Waals surface area (Å²) >= 11 is 0. The van der Waals surface area contributed by atoms with Gasteiger partial charge in [-0.25, -0.2) is 0 Å². The van der Waals surface area contributed by atoms with Gasteiger partial charge in [0, 0.05) is 20.8 Å². The third-order valence-electron chi connectivity index (χ3n) is 26.3. The van der Waals surface area contributed by atoms with Crippen LogP contribution in [0.1, 0.15) is 20.8 Å². The molecule has 0 saturated carbocycles. The lowest BCUT2D eigenvalue weighted by Crippen LogP contribution is -2.70. The second kappa shape index (κ2) is 51.0. The average molecular weight is 2090 g/mol. The van der Waals surface area contributed by atoms with Crippen LogP contribution < -0.4 is 16.0 Å². The molecule has 64 nitrogen and oxygen atoms in total. The maximum absolute atomic E-state index is 13.2. The van der Waals surface area contributed by atoms with Crippen LogP contribution in [0.3, 0.4) is 0 Å². The van der Waals surface area contributed by atoms with E-state index < -0.39 is 465 Å². The van der Waals surface area contributed by atoms with Crippen LogP contribution in [-0.2, 0) is 123 Å². The second-order valence-electron chi connectivity index (χ2n) is 35.9. The fourth-order valence-corrected chi connectivity index (χ4v) is 18.3. The summed E-state index contributed by atoms with van der Waals surface area (Å²) in [6.07, 6.45) is -121. The SMILES string of the molecule is CC(=O)N[C@@H]1[C@@H](O)[C@H](O[C@@H]2O[C@H](CO)[C@H](O)[C@H](O)[C@H]2O)[C@@H](CO[C@@H]2O[C@H](CO)[C@@H](O[C@@H]3O[C@H](CO)[C@H](O)[C@H](O[C@@H]4O[C@H](CO[C@@H]5O[C@H](CO)[C@@H](O[C@@H]6O[C@H](CO)[C@H](O)[C@H](O[C@@H]7O[C@H](CO[C@@H]8O[C@H](CO)[C@@H](O[C@@H]9O[C@H](CO)[C@H](O)[C@H](O)[C@H]9O)[C@H](O)[C@H]8O)[C@@H](O[C@@H]8O[C@H](CO)[C@H](O)[C@H](O)[C@H]8O)[C@H](O)[C@H]7NC(C)=O)[C@H]6O)[C@H](O)[C@H]5O)[C@@H](O[C@@H]5O[C@H](CO)[C@H](O)[C@H](O)[C@H]5O)[C@H](O)[C@H]4NC(C)=O)[C@H]3O)[C@H](O)[C@H]2O)O[C@H]1O. The second-order valence-corrected chi connectivity index (χ2v) is 35.9. The van der Waals surface area contributed by atoms with Crippen molar-refractivity contribution >= 4 is 17.7 Å². The number of hydrogen-bond acceptors (Lipinski definition) is 61. The van der Waals surface area contributed by atoms with Gasteiger partial charge >= 0.3 is 0 Å². The summed E-state index contributed by atoms with van der Waals surface area (Å²) in [7, 11) is 0. The van der Waals surface area contributed by atoms with Crippen LogP contribution >= 0.6 is 0 Å². The Labute approximate surface area is 801 Å². The highest BCUT2D eigenvalue weighted by Crippen LogP contribution is 2.42. The number of nitrogens with one attached hydrogen (secondary N) is 3. The van der Waals surface area contributed by atoms with Crippen LogP contribution in [0.2, 0.25) is 0 Å². The monoisotopic (exact) mass is 2090 g/mol. The molecule has 0 unspecified atom stereocenters. The van der Waals surface area contributed by atoms with E-state index in [1.54, 1.807) is 0 Å². The zero-order chi connectivity index (χ0) is 104. The highest BCUT2D eigenvalue weighted by atomic mass is 16.8. The average Bonchev–Trinajstić information content (AvgIpc) is 0.757. The molecule has 64 heteroatoms. The van der Waals surface area contributed by atoms with Crippen LogP contribution in [0.25, 0.3) is 0 Å². The third kappa shape index (κ3) is 25.3. The summed E-state index contributed by atoms with van der Waals surface area (Å²) in [5, 5.41) is 395. The molecule has 12 fully saturated rings. The number of carbonyl (C=O) groups excluding carboxylic acids is 3. The number of hydrogen-bond donors (Lipinski definition) is 38. The summed E-state index contributed by atoms with van der Waals surface area (Å²) in [6.45, 7) is -10.5. The number of ether oxygens (including phenoxy) is 23. The van der Waals surface area contributed by atoms with Gasteiger partial charge in [-0.3, -0.25) is 14.4 Å². The lowest BCUT2D eigenvalue weighted by Gasteiger charge is -2.50. The fraction of sp³-hybridized carbons (Fsp3) is 0.962. The number of aliphatic hydroxyl groups excluding tert-OH is 35. The molecule has 60 atom stereocenters. The summed E-state index contributed by atoms with van der Waals surface area (Å²) in [6, 6.07) is -5.82. The predicted octanol–water partition coefficient (Wildman–Crippen LogP) is -26.7. The number of carbonyl (C=O) groups is 3. The lowest BCUT2D eigenvalue weighted by molar-refractivity contribution is -0.390. The van der Waals surface area contributed by atoms with Crippen molar-refractivity contribution in [2.45, 2.75) is 389 Å². The number of aliphatic hydroxyl groups is 35. The first kappa shape index (κ1) is 117. The molecule has 0 aromatic rings. The van der Waals surface area contributed by atoms with E-state index in [2.05, 4.69) is 16.0 Å². The minimum absolute atomic E-state index is 0.814. The predicted molar refractivity (Wildman–Crippen MR) is 430 cm³/mol. The fourth-order valence-electron chi connectivity index (χ4n) is 18.3. The Balaban J connectivity index is 0.755. The summed E-state index contributed by atoms with van der Waals surface area (Å²) in [5.74, 6) is -2.86. The Morgan fingerprint density at radius 1 is 0.183 bits per heavy atom. The van der Waals surface area contributed by atoms with Crippen molar-refractivity contribution in [2.24, 2.45) is 0 Å². The van der Waals surface area contributed by atoms with Crippen molar-refractivity contribution in [3.05, 3.63) is 0 Å². The van der Waals surface area contributed by atoms with Gasteiger partial charge in [0.2, 0.25) is 17.7 Å². The highest BCUT2D eigenvalue weighted by Gasteiger charge is 2.63. The molecule has 12 aliphatic heterocycles. The molecule has 12 aliphatic rings. The maximum Gasteiger partial charge on any atom is 0.217 e.